The molecule has 1 saturated heterocycles. The van der Waals surface area contributed by atoms with Crippen LogP contribution >= 0.6 is 15.9 Å². The number of anilines is 1. The highest BCUT2D eigenvalue weighted by molar-refractivity contribution is 9.10. The first kappa shape index (κ1) is 11.4. The van der Waals surface area contributed by atoms with Gasteiger partial charge < -0.3 is 14.9 Å². The molecule has 0 amide bonds. The van der Waals surface area contributed by atoms with Crippen LogP contribution in [0, 0.1) is 6.57 Å². The molecule has 1 aromatic heterocycles. The molecule has 4 nitrogen and oxygen atoms in total. The van der Waals surface area contributed by atoms with Crippen LogP contribution in [0.15, 0.2) is 16.7 Å². The van der Waals surface area contributed by atoms with E-state index in [9.17, 15) is 0 Å². The molecule has 0 unspecified atom stereocenters. The predicted octanol–water partition coefficient (Wildman–Crippen LogP) is 2.99. The molecule has 84 valence electrons. The third-order valence-corrected chi connectivity index (χ3v) is 2.97. The van der Waals surface area contributed by atoms with Crippen molar-refractivity contribution in [2.24, 2.45) is 0 Å². The molecule has 0 aromatic carbocycles. The van der Waals surface area contributed by atoms with E-state index in [0.29, 0.717) is 16.5 Å². The molecule has 5 heteroatoms. The van der Waals surface area contributed by atoms with E-state index < -0.39 is 0 Å². The van der Waals surface area contributed by atoms with E-state index in [-0.39, 0.29) is 0 Å². The third kappa shape index (κ3) is 2.71. The van der Waals surface area contributed by atoms with Gasteiger partial charge in [-0.05, 0) is 40.9 Å². The summed E-state index contributed by atoms with van der Waals surface area (Å²) in [5.41, 5.74) is 0.810. The van der Waals surface area contributed by atoms with Crippen LogP contribution in [0.1, 0.15) is 12.8 Å². The summed E-state index contributed by atoms with van der Waals surface area (Å²) in [5.74, 6) is 0.417. The lowest BCUT2D eigenvalue weighted by Gasteiger charge is -2.24. The van der Waals surface area contributed by atoms with Gasteiger partial charge in [-0.3, -0.25) is 0 Å². The Morgan fingerprint density at radius 2 is 2.19 bits per heavy atom. The van der Waals surface area contributed by atoms with Crippen LogP contribution in [0.2, 0.25) is 0 Å². The Morgan fingerprint density at radius 3 is 2.88 bits per heavy atom. The number of nitrogens with one attached hydrogen (secondary N) is 1. The van der Waals surface area contributed by atoms with E-state index in [0.717, 1.165) is 31.7 Å². The summed E-state index contributed by atoms with van der Waals surface area (Å²) >= 11 is 3.26. The number of ether oxygens (including phenoxy) is 1. The molecule has 0 saturated carbocycles. The van der Waals surface area contributed by atoms with Gasteiger partial charge in [0.2, 0.25) is 0 Å². The maximum absolute atomic E-state index is 7.08. The minimum atomic E-state index is 0.386. The van der Waals surface area contributed by atoms with Crippen molar-refractivity contribution in [2.45, 2.75) is 18.9 Å². The number of nitrogens with zero attached hydrogens (tertiary/aromatic N) is 2. The number of pyridine rings is 1. The topological polar surface area (TPSA) is 38.5 Å². The fourth-order valence-corrected chi connectivity index (χ4v) is 1.99. The fourth-order valence-electron chi connectivity index (χ4n) is 1.69. The van der Waals surface area contributed by atoms with Gasteiger partial charge in [0.25, 0.3) is 5.82 Å². The zero-order valence-electron chi connectivity index (χ0n) is 8.74. The molecule has 1 aliphatic rings. The van der Waals surface area contributed by atoms with E-state index in [1.165, 1.54) is 0 Å². The summed E-state index contributed by atoms with van der Waals surface area (Å²) in [4.78, 5) is 7.54. The van der Waals surface area contributed by atoms with Gasteiger partial charge in [0.15, 0.2) is 4.60 Å². The van der Waals surface area contributed by atoms with Gasteiger partial charge in [-0.2, -0.15) is 0 Å². The first-order valence-electron chi connectivity index (χ1n) is 5.18. The smallest absolute Gasteiger partial charge is 0.293 e. The van der Waals surface area contributed by atoms with Crippen LogP contribution in [-0.2, 0) is 4.74 Å². The van der Waals surface area contributed by atoms with Crippen LogP contribution in [0.4, 0.5) is 11.5 Å². The Hall–Kier alpha value is -1.12. The second kappa shape index (κ2) is 5.28. The highest BCUT2D eigenvalue weighted by Gasteiger charge is 2.15. The van der Waals surface area contributed by atoms with Gasteiger partial charge >= 0.3 is 0 Å². The molecule has 2 heterocycles. The Bertz CT molecular complexity index is 410. The third-order valence-electron chi connectivity index (χ3n) is 2.53. The molecular formula is C11H12BrN3O. The lowest BCUT2D eigenvalue weighted by atomic mass is 10.1. The molecule has 16 heavy (non-hydrogen) atoms. The van der Waals surface area contributed by atoms with Gasteiger partial charge in [0.1, 0.15) is 0 Å². The van der Waals surface area contributed by atoms with E-state index >= 15 is 0 Å². The van der Waals surface area contributed by atoms with Gasteiger partial charge in [0.05, 0.1) is 5.69 Å². The van der Waals surface area contributed by atoms with E-state index in [2.05, 4.69) is 31.1 Å². The van der Waals surface area contributed by atoms with Crippen LogP contribution in [0.3, 0.4) is 0 Å². The minimum absolute atomic E-state index is 0.386. The number of hydrogen-bond acceptors (Lipinski definition) is 3. The molecule has 0 atom stereocenters. The minimum Gasteiger partial charge on any atom is -0.389 e. The van der Waals surface area contributed by atoms with Gasteiger partial charge in [-0.25, -0.2) is 0 Å². The second-order valence-electron chi connectivity index (χ2n) is 3.65. The van der Waals surface area contributed by atoms with Crippen LogP contribution < -0.4 is 5.32 Å². The summed E-state index contributed by atoms with van der Waals surface area (Å²) in [6, 6.07) is 4.12. The highest BCUT2D eigenvalue weighted by Crippen LogP contribution is 2.26. The Balaban J connectivity index is 2.11. The molecule has 1 N–H and O–H groups in total. The van der Waals surface area contributed by atoms with Crippen molar-refractivity contribution in [3.63, 3.8) is 0 Å². The first-order valence-corrected chi connectivity index (χ1v) is 5.97. The predicted molar refractivity (Wildman–Crippen MR) is 65.7 cm³/mol. The van der Waals surface area contributed by atoms with Crippen molar-refractivity contribution in [3.8, 4) is 0 Å². The molecule has 0 spiro atoms. The summed E-state index contributed by atoms with van der Waals surface area (Å²) < 4.78 is 5.98. The lowest BCUT2D eigenvalue weighted by molar-refractivity contribution is 0.0904. The van der Waals surface area contributed by atoms with Crippen LogP contribution in [-0.4, -0.2) is 24.2 Å². The zero-order valence-corrected chi connectivity index (χ0v) is 10.3. The van der Waals surface area contributed by atoms with Crippen molar-refractivity contribution >= 4 is 27.4 Å². The summed E-state index contributed by atoms with van der Waals surface area (Å²) in [6.07, 6.45) is 1.96. The summed E-state index contributed by atoms with van der Waals surface area (Å²) in [7, 11) is 0. The molecular weight excluding hydrogens is 270 g/mol. The highest BCUT2D eigenvalue weighted by atomic mass is 79.9. The van der Waals surface area contributed by atoms with Crippen molar-refractivity contribution in [3.05, 3.63) is 28.2 Å². The second-order valence-corrected chi connectivity index (χ2v) is 4.46. The number of hydrogen-bond donors (Lipinski definition) is 1. The van der Waals surface area contributed by atoms with Gasteiger partial charge in [0, 0.05) is 19.3 Å². The summed E-state index contributed by atoms with van der Waals surface area (Å²) in [5, 5.41) is 3.35. The van der Waals surface area contributed by atoms with Gasteiger partial charge in [-0.15, -0.1) is 4.98 Å². The van der Waals surface area contributed by atoms with Crippen molar-refractivity contribution in [2.75, 3.05) is 18.5 Å². The maximum Gasteiger partial charge on any atom is 0.293 e. The zero-order chi connectivity index (χ0) is 11.4. The molecule has 1 aromatic rings. The van der Waals surface area contributed by atoms with E-state index in [1.54, 1.807) is 0 Å². The van der Waals surface area contributed by atoms with Crippen molar-refractivity contribution in [1.29, 1.82) is 0 Å². The van der Waals surface area contributed by atoms with E-state index in [4.69, 9.17) is 11.3 Å². The van der Waals surface area contributed by atoms with Crippen molar-refractivity contribution in [1.82, 2.24) is 4.98 Å². The van der Waals surface area contributed by atoms with Crippen molar-refractivity contribution < 1.29 is 4.74 Å². The number of halogens is 1. The summed E-state index contributed by atoms with van der Waals surface area (Å²) in [6.45, 7) is 8.65. The maximum atomic E-state index is 7.08. The fraction of sp³-hybridized carbons (Fsp3) is 0.455. The average Bonchev–Trinajstić information content (AvgIpc) is 2.33. The molecule has 0 bridgehead atoms. The molecule has 2 rings (SSSR count). The van der Waals surface area contributed by atoms with E-state index in [1.807, 2.05) is 12.1 Å². The quantitative estimate of drug-likeness (QED) is 0.669. The SMILES string of the molecule is [C-]#[N+]c1nc(Br)ccc1NC1CCOCC1. The van der Waals surface area contributed by atoms with Crippen LogP contribution in [0.25, 0.3) is 4.85 Å². The molecule has 1 aliphatic heterocycles. The Morgan fingerprint density at radius 1 is 1.44 bits per heavy atom. The molecule has 0 radical (unpaired) electrons. The largest absolute Gasteiger partial charge is 0.389 e. The first-order chi connectivity index (χ1) is 7.79. The number of rotatable bonds is 2. The number of aromatic nitrogens is 1. The monoisotopic (exact) mass is 281 g/mol. The average molecular weight is 282 g/mol. The van der Waals surface area contributed by atoms with Crippen LogP contribution in [0.5, 0.6) is 0 Å². The Kier molecular flexibility index (Phi) is 3.75. The standard InChI is InChI=1S/C11H12BrN3O/c1-13-11-9(2-3-10(12)15-11)14-8-4-6-16-7-5-8/h2-3,8,14H,4-7H2. The molecule has 0 aliphatic carbocycles. The normalized spacial score (nSPS) is 16.8. The lowest BCUT2D eigenvalue weighted by Crippen LogP contribution is -2.27. The van der Waals surface area contributed by atoms with Gasteiger partial charge in [-0.1, -0.05) is 6.57 Å². The molecule has 1 fully saturated rings. The Labute approximate surface area is 103 Å².